The van der Waals surface area contributed by atoms with Crippen molar-refractivity contribution in [2.45, 2.75) is 18.8 Å². The number of nitrogens with zero attached hydrogens (tertiary/aromatic N) is 6. The molecule has 1 aliphatic carbocycles. The van der Waals surface area contributed by atoms with Crippen LogP contribution >= 0.6 is 0 Å². The summed E-state index contributed by atoms with van der Waals surface area (Å²) >= 11 is 0. The standard InChI is InChI=1S/C15H19FN6/c1-20-5-4-17-15(20)22-8-6-21(7-9-22)14-12(16)13(11-2-3-11)18-10-19-14/h4-5,10-11H,2-3,6-9H2,1H3. The summed E-state index contributed by atoms with van der Waals surface area (Å²) in [6.07, 6.45) is 7.32. The Balaban J connectivity index is 1.50. The molecule has 4 rings (SSSR count). The van der Waals surface area contributed by atoms with E-state index in [-0.39, 0.29) is 5.82 Å². The van der Waals surface area contributed by atoms with Crippen molar-refractivity contribution >= 4 is 11.8 Å². The predicted molar refractivity (Wildman–Crippen MR) is 81.6 cm³/mol. The van der Waals surface area contributed by atoms with Crippen LogP contribution in [0.5, 0.6) is 0 Å². The first-order valence-electron chi connectivity index (χ1n) is 7.71. The number of halogens is 1. The van der Waals surface area contributed by atoms with Gasteiger partial charge in [-0.15, -0.1) is 0 Å². The summed E-state index contributed by atoms with van der Waals surface area (Å²) < 4.78 is 16.6. The van der Waals surface area contributed by atoms with E-state index in [4.69, 9.17) is 0 Å². The lowest BCUT2D eigenvalue weighted by Crippen LogP contribution is -2.48. The van der Waals surface area contributed by atoms with Gasteiger partial charge in [-0.25, -0.2) is 19.3 Å². The Morgan fingerprint density at radius 3 is 2.41 bits per heavy atom. The fraction of sp³-hybridized carbons (Fsp3) is 0.533. The Hall–Kier alpha value is -2.18. The van der Waals surface area contributed by atoms with Crippen molar-refractivity contribution in [2.24, 2.45) is 7.05 Å². The molecular formula is C15H19FN6. The van der Waals surface area contributed by atoms with Crippen molar-refractivity contribution in [3.8, 4) is 0 Å². The molecule has 2 fully saturated rings. The van der Waals surface area contributed by atoms with Crippen LogP contribution in [0.15, 0.2) is 18.7 Å². The Kier molecular flexibility index (Phi) is 3.20. The van der Waals surface area contributed by atoms with E-state index in [1.54, 1.807) is 6.20 Å². The maximum absolute atomic E-state index is 14.6. The van der Waals surface area contributed by atoms with Crippen LogP contribution in [0.1, 0.15) is 24.5 Å². The highest BCUT2D eigenvalue weighted by molar-refractivity contribution is 5.45. The quantitative estimate of drug-likeness (QED) is 0.861. The molecule has 0 aromatic carbocycles. The average molecular weight is 302 g/mol. The van der Waals surface area contributed by atoms with Crippen LogP contribution in [-0.2, 0) is 7.05 Å². The van der Waals surface area contributed by atoms with Crippen LogP contribution in [0, 0.1) is 5.82 Å². The molecule has 0 atom stereocenters. The zero-order valence-corrected chi connectivity index (χ0v) is 12.6. The van der Waals surface area contributed by atoms with Crippen molar-refractivity contribution in [2.75, 3.05) is 36.0 Å². The van der Waals surface area contributed by atoms with Gasteiger partial charge < -0.3 is 14.4 Å². The Morgan fingerprint density at radius 1 is 1.05 bits per heavy atom. The molecule has 0 N–H and O–H groups in total. The van der Waals surface area contributed by atoms with Gasteiger partial charge in [0.25, 0.3) is 0 Å². The number of anilines is 2. The molecule has 0 amide bonds. The van der Waals surface area contributed by atoms with Crippen molar-refractivity contribution in [3.05, 3.63) is 30.2 Å². The summed E-state index contributed by atoms with van der Waals surface area (Å²) in [6, 6.07) is 0. The van der Waals surface area contributed by atoms with E-state index >= 15 is 0 Å². The third-order valence-electron chi connectivity index (χ3n) is 4.42. The van der Waals surface area contributed by atoms with Crippen LogP contribution in [0.4, 0.5) is 16.2 Å². The van der Waals surface area contributed by atoms with Gasteiger partial charge >= 0.3 is 0 Å². The number of piperazine rings is 1. The second-order valence-electron chi connectivity index (χ2n) is 5.98. The average Bonchev–Trinajstić information content (AvgIpc) is 3.29. The number of hydrogen-bond acceptors (Lipinski definition) is 5. The lowest BCUT2D eigenvalue weighted by molar-refractivity contribution is 0.563. The van der Waals surface area contributed by atoms with Crippen molar-refractivity contribution in [3.63, 3.8) is 0 Å². The minimum absolute atomic E-state index is 0.226. The molecule has 0 unspecified atom stereocenters. The molecule has 7 heteroatoms. The molecule has 2 aromatic heterocycles. The van der Waals surface area contributed by atoms with Crippen LogP contribution in [-0.4, -0.2) is 45.7 Å². The van der Waals surface area contributed by atoms with Gasteiger partial charge in [-0.3, -0.25) is 0 Å². The van der Waals surface area contributed by atoms with E-state index in [1.807, 2.05) is 22.7 Å². The normalized spacial score (nSPS) is 18.8. The van der Waals surface area contributed by atoms with E-state index in [0.717, 1.165) is 45.0 Å². The fourth-order valence-corrected chi connectivity index (χ4v) is 3.02. The van der Waals surface area contributed by atoms with Crippen LogP contribution in [0.2, 0.25) is 0 Å². The Morgan fingerprint density at radius 2 is 1.77 bits per heavy atom. The highest BCUT2D eigenvalue weighted by atomic mass is 19.1. The molecule has 1 saturated carbocycles. The zero-order chi connectivity index (χ0) is 15.1. The Bertz CT molecular complexity index is 672. The first-order valence-corrected chi connectivity index (χ1v) is 7.71. The molecule has 1 saturated heterocycles. The van der Waals surface area contributed by atoms with Crippen molar-refractivity contribution in [1.29, 1.82) is 0 Å². The lowest BCUT2D eigenvalue weighted by atomic mass is 10.2. The maximum Gasteiger partial charge on any atom is 0.205 e. The second-order valence-corrected chi connectivity index (χ2v) is 5.98. The first-order chi connectivity index (χ1) is 10.7. The van der Waals surface area contributed by atoms with Crippen LogP contribution in [0.3, 0.4) is 0 Å². The number of hydrogen-bond donors (Lipinski definition) is 0. The van der Waals surface area contributed by atoms with Crippen molar-refractivity contribution < 1.29 is 4.39 Å². The van der Waals surface area contributed by atoms with E-state index in [0.29, 0.717) is 17.4 Å². The monoisotopic (exact) mass is 302 g/mol. The predicted octanol–water partition coefficient (Wildman–Crippen LogP) is 1.55. The summed E-state index contributed by atoms with van der Waals surface area (Å²) in [5.41, 5.74) is 0.594. The highest BCUT2D eigenvalue weighted by Gasteiger charge is 2.31. The van der Waals surface area contributed by atoms with Crippen molar-refractivity contribution in [1.82, 2.24) is 19.5 Å². The lowest BCUT2D eigenvalue weighted by Gasteiger charge is -2.36. The molecule has 22 heavy (non-hydrogen) atoms. The van der Waals surface area contributed by atoms with Gasteiger partial charge in [-0.2, -0.15) is 0 Å². The number of aryl methyl sites for hydroxylation is 1. The van der Waals surface area contributed by atoms with E-state index in [1.165, 1.54) is 6.33 Å². The molecule has 0 spiro atoms. The zero-order valence-electron chi connectivity index (χ0n) is 12.6. The number of rotatable bonds is 3. The topological polar surface area (TPSA) is 50.1 Å². The summed E-state index contributed by atoms with van der Waals surface area (Å²) in [6.45, 7) is 3.11. The van der Waals surface area contributed by atoms with E-state index in [2.05, 4.69) is 19.9 Å². The van der Waals surface area contributed by atoms with Gasteiger partial charge in [0.15, 0.2) is 11.6 Å². The first kappa shape index (κ1) is 13.5. The van der Waals surface area contributed by atoms with Crippen LogP contribution < -0.4 is 9.80 Å². The SMILES string of the molecule is Cn1ccnc1N1CCN(c2ncnc(C3CC3)c2F)CC1. The molecule has 6 nitrogen and oxygen atoms in total. The fourth-order valence-electron chi connectivity index (χ4n) is 3.02. The molecule has 2 aromatic rings. The minimum Gasteiger partial charge on any atom is -0.351 e. The summed E-state index contributed by atoms with van der Waals surface area (Å²) in [4.78, 5) is 16.9. The highest BCUT2D eigenvalue weighted by Crippen LogP contribution is 2.41. The molecule has 0 radical (unpaired) electrons. The molecule has 1 aliphatic heterocycles. The van der Waals surface area contributed by atoms with E-state index < -0.39 is 0 Å². The van der Waals surface area contributed by atoms with Gasteiger partial charge in [-0.05, 0) is 12.8 Å². The van der Waals surface area contributed by atoms with Gasteiger partial charge in [0, 0.05) is 51.5 Å². The molecule has 2 aliphatic rings. The molecule has 116 valence electrons. The van der Waals surface area contributed by atoms with Gasteiger partial charge in [-0.1, -0.05) is 0 Å². The summed E-state index contributed by atoms with van der Waals surface area (Å²) in [5, 5.41) is 0. The van der Waals surface area contributed by atoms with Gasteiger partial charge in [0.2, 0.25) is 5.95 Å². The van der Waals surface area contributed by atoms with Gasteiger partial charge in [0.05, 0.1) is 5.69 Å². The number of aromatic nitrogens is 4. The minimum atomic E-state index is -0.226. The number of imidazole rings is 1. The van der Waals surface area contributed by atoms with E-state index in [9.17, 15) is 4.39 Å². The van der Waals surface area contributed by atoms with Crippen LogP contribution in [0.25, 0.3) is 0 Å². The maximum atomic E-state index is 14.6. The molecule has 3 heterocycles. The summed E-state index contributed by atoms with van der Waals surface area (Å²) in [7, 11) is 1.99. The second kappa shape index (κ2) is 5.23. The smallest absolute Gasteiger partial charge is 0.205 e. The molecular weight excluding hydrogens is 283 g/mol. The molecule has 0 bridgehead atoms. The third-order valence-corrected chi connectivity index (χ3v) is 4.42. The summed E-state index contributed by atoms with van der Waals surface area (Å²) in [5.74, 6) is 1.49. The Labute approximate surface area is 128 Å². The largest absolute Gasteiger partial charge is 0.351 e. The third kappa shape index (κ3) is 2.30. The van der Waals surface area contributed by atoms with Gasteiger partial charge in [0.1, 0.15) is 6.33 Å².